The van der Waals surface area contributed by atoms with Crippen molar-refractivity contribution in [3.8, 4) is 17.2 Å². The molecule has 0 aliphatic rings. The number of para-hydroxylation sites is 1. The molecule has 0 saturated carbocycles. The number of benzene rings is 2. The molecule has 0 aliphatic carbocycles. The molecule has 23 heavy (non-hydrogen) atoms. The molecule has 122 valence electrons. The summed E-state index contributed by atoms with van der Waals surface area (Å²) in [6.07, 6.45) is 2.23. The first-order chi connectivity index (χ1) is 11.2. The number of rotatable bonds is 8. The van der Waals surface area contributed by atoms with Crippen LogP contribution in [0.2, 0.25) is 0 Å². The van der Waals surface area contributed by atoms with E-state index >= 15 is 0 Å². The van der Waals surface area contributed by atoms with Crippen molar-refractivity contribution in [2.75, 3.05) is 13.7 Å². The molecule has 0 spiro atoms. The minimum atomic E-state index is -0.290. The van der Waals surface area contributed by atoms with Gasteiger partial charge in [-0.15, -0.1) is 0 Å². The van der Waals surface area contributed by atoms with E-state index in [2.05, 4.69) is 6.92 Å². The average Bonchev–Trinajstić information content (AvgIpc) is 2.56. The van der Waals surface area contributed by atoms with Gasteiger partial charge in [-0.1, -0.05) is 31.5 Å². The van der Waals surface area contributed by atoms with Gasteiger partial charge in [0.25, 0.3) is 0 Å². The standard InChI is InChI=1S/C19H22O4/c1-3-4-10-22-17-11-15(13-19(20)21-2)12-18(14-17)23-16-8-6-5-7-9-16/h5-9,11-12,14H,3-4,10,13H2,1-2H3. The van der Waals surface area contributed by atoms with Crippen LogP contribution in [0.25, 0.3) is 0 Å². The van der Waals surface area contributed by atoms with E-state index in [-0.39, 0.29) is 12.4 Å². The second-order valence-corrected chi connectivity index (χ2v) is 5.18. The van der Waals surface area contributed by atoms with E-state index in [9.17, 15) is 4.79 Å². The van der Waals surface area contributed by atoms with Gasteiger partial charge < -0.3 is 14.2 Å². The van der Waals surface area contributed by atoms with Crippen molar-refractivity contribution in [3.63, 3.8) is 0 Å². The number of hydrogen-bond acceptors (Lipinski definition) is 4. The van der Waals surface area contributed by atoms with Gasteiger partial charge in [-0.05, 0) is 36.2 Å². The summed E-state index contributed by atoms with van der Waals surface area (Å²) in [7, 11) is 1.38. The summed E-state index contributed by atoms with van der Waals surface area (Å²) in [4.78, 5) is 11.5. The van der Waals surface area contributed by atoms with Crippen molar-refractivity contribution in [3.05, 3.63) is 54.1 Å². The van der Waals surface area contributed by atoms with Gasteiger partial charge in [-0.2, -0.15) is 0 Å². The number of unbranched alkanes of at least 4 members (excludes halogenated alkanes) is 1. The Morgan fingerprint density at radius 1 is 1.00 bits per heavy atom. The molecular formula is C19H22O4. The summed E-state index contributed by atoms with van der Waals surface area (Å²) < 4.78 is 16.3. The molecule has 0 radical (unpaired) electrons. The van der Waals surface area contributed by atoms with Gasteiger partial charge in [0.15, 0.2) is 0 Å². The molecule has 4 nitrogen and oxygen atoms in total. The predicted octanol–water partition coefficient (Wildman–Crippen LogP) is 4.37. The zero-order chi connectivity index (χ0) is 16.5. The Balaban J connectivity index is 2.19. The molecule has 0 fully saturated rings. The van der Waals surface area contributed by atoms with Crippen LogP contribution >= 0.6 is 0 Å². The molecular weight excluding hydrogens is 292 g/mol. The Kier molecular flexibility index (Phi) is 6.48. The van der Waals surface area contributed by atoms with Crippen LogP contribution in [-0.4, -0.2) is 19.7 Å². The van der Waals surface area contributed by atoms with E-state index in [1.54, 1.807) is 0 Å². The summed E-state index contributed by atoms with van der Waals surface area (Å²) in [6.45, 7) is 2.75. The van der Waals surface area contributed by atoms with Gasteiger partial charge in [0.05, 0.1) is 20.1 Å². The van der Waals surface area contributed by atoms with Gasteiger partial charge in [0, 0.05) is 6.07 Å². The molecule has 2 rings (SSSR count). The zero-order valence-corrected chi connectivity index (χ0v) is 13.6. The molecule has 4 heteroatoms. The van der Waals surface area contributed by atoms with Crippen LogP contribution in [0.1, 0.15) is 25.3 Å². The maximum absolute atomic E-state index is 11.5. The predicted molar refractivity (Wildman–Crippen MR) is 89.1 cm³/mol. The third-order valence-electron chi connectivity index (χ3n) is 3.26. The Bertz CT molecular complexity index is 623. The number of carbonyl (C=O) groups excluding carboxylic acids is 1. The first-order valence-electron chi connectivity index (χ1n) is 7.77. The molecule has 2 aromatic rings. The maximum Gasteiger partial charge on any atom is 0.309 e. The topological polar surface area (TPSA) is 44.8 Å². The van der Waals surface area contributed by atoms with Gasteiger partial charge in [-0.3, -0.25) is 4.79 Å². The highest BCUT2D eigenvalue weighted by atomic mass is 16.5. The molecule has 0 bridgehead atoms. The van der Waals surface area contributed by atoms with Crippen LogP contribution in [0.15, 0.2) is 48.5 Å². The third-order valence-corrected chi connectivity index (χ3v) is 3.26. The first kappa shape index (κ1) is 16.9. The third kappa shape index (κ3) is 5.66. The first-order valence-corrected chi connectivity index (χ1v) is 7.77. The number of esters is 1. The molecule has 0 unspecified atom stereocenters. The lowest BCUT2D eigenvalue weighted by atomic mass is 10.1. The second kappa shape index (κ2) is 8.83. The number of hydrogen-bond donors (Lipinski definition) is 0. The Morgan fingerprint density at radius 2 is 1.74 bits per heavy atom. The zero-order valence-electron chi connectivity index (χ0n) is 13.6. The SMILES string of the molecule is CCCCOc1cc(CC(=O)OC)cc(Oc2ccccc2)c1. The van der Waals surface area contributed by atoms with Crippen LogP contribution in [0.3, 0.4) is 0 Å². The maximum atomic E-state index is 11.5. The highest BCUT2D eigenvalue weighted by molar-refractivity contribution is 5.72. The minimum Gasteiger partial charge on any atom is -0.493 e. The Labute approximate surface area is 137 Å². The second-order valence-electron chi connectivity index (χ2n) is 5.18. The summed E-state index contributed by atoms with van der Waals surface area (Å²) in [5.41, 5.74) is 0.803. The molecule has 2 aromatic carbocycles. The molecule has 0 amide bonds. The highest BCUT2D eigenvalue weighted by Crippen LogP contribution is 2.28. The van der Waals surface area contributed by atoms with Crippen molar-refractivity contribution in [2.45, 2.75) is 26.2 Å². The van der Waals surface area contributed by atoms with Crippen LogP contribution in [-0.2, 0) is 16.0 Å². The van der Waals surface area contributed by atoms with Crippen LogP contribution in [0.4, 0.5) is 0 Å². The molecule has 0 atom stereocenters. The Morgan fingerprint density at radius 3 is 2.43 bits per heavy atom. The number of ether oxygens (including phenoxy) is 3. The van der Waals surface area contributed by atoms with Gasteiger partial charge >= 0.3 is 5.97 Å². The molecule has 0 aliphatic heterocycles. The van der Waals surface area contributed by atoms with Crippen molar-refractivity contribution in [1.29, 1.82) is 0 Å². The molecule has 0 heterocycles. The van der Waals surface area contributed by atoms with Crippen LogP contribution in [0.5, 0.6) is 17.2 Å². The van der Waals surface area contributed by atoms with Crippen molar-refractivity contribution >= 4 is 5.97 Å². The largest absolute Gasteiger partial charge is 0.493 e. The van der Waals surface area contributed by atoms with E-state index in [4.69, 9.17) is 14.2 Å². The number of methoxy groups -OCH3 is 1. The molecule has 0 saturated heterocycles. The number of carbonyl (C=O) groups is 1. The lowest BCUT2D eigenvalue weighted by molar-refractivity contribution is -0.139. The Hall–Kier alpha value is -2.49. The fourth-order valence-electron chi connectivity index (χ4n) is 2.07. The van der Waals surface area contributed by atoms with Crippen LogP contribution in [0, 0.1) is 0 Å². The highest BCUT2D eigenvalue weighted by Gasteiger charge is 2.09. The van der Waals surface area contributed by atoms with Gasteiger partial charge in [0.2, 0.25) is 0 Å². The summed E-state index contributed by atoms with van der Waals surface area (Å²) in [5.74, 6) is 1.79. The fourth-order valence-corrected chi connectivity index (χ4v) is 2.07. The lowest BCUT2D eigenvalue weighted by Gasteiger charge is -2.12. The quantitative estimate of drug-likeness (QED) is 0.536. The summed E-state index contributed by atoms with van der Waals surface area (Å²) >= 11 is 0. The smallest absolute Gasteiger partial charge is 0.309 e. The van der Waals surface area contributed by atoms with Gasteiger partial charge in [-0.25, -0.2) is 0 Å². The van der Waals surface area contributed by atoms with Gasteiger partial charge in [0.1, 0.15) is 17.2 Å². The normalized spacial score (nSPS) is 10.2. The van der Waals surface area contributed by atoms with Crippen LogP contribution < -0.4 is 9.47 Å². The summed E-state index contributed by atoms with van der Waals surface area (Å²) in [5, 5.41) is 0. The minimum absolute atomic E-state index is 0.187. The van der Waals surface area contributed by atoms with E-state index < -0.39 is 0 Å². The van der Waals surface area contributed by atoms with Crippen molar-refractivity contribution < 1.29 is 19.0 Å². The monoisotopic (exact) mass is 314 g/mol. The summed E-state index contributed by atoms with van der Waals surface area (Å²) in [6, 6.07) is 15.0. The van der Waals surface area contributed by atoms with Crippen molar-refractivity contribution in [1.82, 2.24) is 0 Å². The molecule has 0 aromatic heterocycles. The van der Waals surface area contributed by atoms with E-state index in [0.717, 1.165) is 24.2 Å². The van der Waals surface area contributed by atoms with E-state index in [0.29, 0.717) is 18.1 Å². The average molecular weight is 314 g/mol. The fraction of sp³-hybridized carbons (Fsp3) is 0.316. The van der Waals surface area contributed by atoms with Crippen molar-refractivity contribution in [2.24, 2.45) is 0 Å². The lowest BCUT2D eigenvalue weighted by Crippen LogP contribution is -2.05. The van der Waals surface area contributed by atoms with E-state index in [1.807, 2.05) is 48.5 Å². The van der Waals surface area contributed by atoms with E-state index in [1.165, 1.54) is 7.11 Å². The molecule has 0 N–H and O–H groups in total.